The maximum atomic E-state index is 11.6. The van der Waals surface area contributed by atoms with Crippen LogP contribution >= 0.6 is 0 Å². The van der Waals surface area contributed by atoms with E-state index in [0.717, 1.165) is 31.3 Å². The van der Waals surface area contributed by atoms with Gasteiger partial charge in [0.05, 0.1) is 0 Å². The van der Waals surface area contributed by atoms with Crippen LogP contribution in [-0.4, -0.2) is 5.78 Å². The third-order valence-electron chi connectivity index (χ3n) is 3.16. The van der Waals surface area contributed by atoms with Gasteiger partial charge < -0.3 is 0 Å². The molecule has 15 heavy (non-hydrogen) atoms. The highest BCUT2D eigenvalue weighted by atomic mass is 16.1. The molecule has 0 saturated heterocycles. The summed E-state index contributed by atoms with van der Waals surface area (Å²) in [5.41, 5.74) is 1.06. The Bertz CT molecular complexity index is 215. The molecule has 88 valence electrons. The van der Waals surface area contributed by atoms with Crippen LogP contribution in [0.5, 0.6) is 0 Å². The van der Waals surface area contributed by atoms with Gasteiger partial charge in [0.2, 0.25) is 0 Å². The number of allylic oxidation sites excluding steroid dienone is 2. The summed E-state index contributed by atoms with van der Waals surface area (Å²) in [6.45, 7) is 10.5. The molecule has 0 aromatic rings. The maximum absolute atomic E-state index is 11.6. The molecular formula is C14H26O. The molecule has 0 aromatic carbocycles. The van der Waals surface area contributed by atoms with E-state index in [0.29, 0.717) is 11.8 Å². The summed E-state index contributed by atoms with van der Waals surface area (Å²) in [5.74, 6) is 1.35. The molecule has 2 unspecified atom stereocenters. The highest BCUT2D eigenvalue weighted by Gasteiger charge is 2.21. The molecule has 0 aliphatic rings. The Labute approximate surface area is 95.0 Å². The Morgan fingerprint density at radius 2 is 1.87 bits per heavy atom. The highest BCUT2D eigenvalue weighted by molar-refractivity contribution is 5.93. The zero-order valence-electron chi connectivity index (χ0n) is 11.0. The Hall–Kier alpha value is -0.590. The molecule has 0 N–H and O–H groups in total. The number of ketones is 1. The van der Waals surface area contributed by atoms with Gasteiger partial charge in [-0.25, -0.2) is 0 Å². The molecule has 0 aliphatic heterocycles. The molecule has 0 spiro atoms. The lowest BCUT2D eigenvalue weighted by molar-refractivity contribution is -0.114. The van der Waals surface area contributed by atoms with Gasteiger partial charge in [-0.05, 0) is 37.2 Å². The van der Waals surface area contributed by atoms with E-state index in [-0.39, 0.29) is 5.78 Å². The van der Waals surface area contributed by atoms with Crippen LogP contribution in [0, 0.1) is 11.8 Å². The minimum atomic E-state index is 0.260. The first-order valence-electron chi connectivity index (χ1n) is 6.29. The summed E-state index contributed by atoms with van der Waals surface area (Å²) in [5, 5.41) is 0. The molecule has 1 heteroatoms. The van der Waals surface area contributed by atoms with Crippen molar-refractivity contribution in [1.82, 2.24) is 0 Å². The molecule has 0 rings (SSSR count). The Balaban J connectivity index is 4.83. The fourth-order valence-corrected chi connectivity index (χ4v) is 2.12. The number of hydrogen-bond acceptors (Lipinski definition) is 1. The van der Waals surface area contributed by atoms with E-state index in [1.54, 1.807) is 6.92 Å². The molecule has 0 heterocycles. The normalized spacial score (nSPS) is 16.2. The van der Waals surface area contributed by atoms with E-state index >= 15 is 0 Å². The zero-order valence-corrected chi connectivity index (χ0v) is 11.0. The Morgan fingerprint density at radius 1 is 1.27 bits per heavy atom. The largest absolute Gasteiger partial charge is 0.295 e. The third kappa shape index (κ3) is 4.63. The summed E-state index contributed by atoms with van der Waals surface area (Å²) in [6.07, 6.45) is 6.53. The van der Waals surface area contributed by atoms with Crippen LogP contribution in [0.25, 0.3) is 0 Å². The van der Waals surface area contributed by atoms with Crippen molar-refractivity contribution in [2.24, 2.45) is 11.8 Å². The van der Waals surface area contributed by atoms with Gasteiger partial charge in [-0.1, -0.05) is 46.6 Å². The van der Waals surface area contributed by atoms with E-state index in [1.807, 2.05) is 0 Å². The fourth-order valence-electron chi connectivity index (χ4n) is 2.12. The van der Waals surface area contributed by atoms with E-state index in [2.05, 4.69) is 33.8 Å². The second kappa shape index (κ2) is 7.67. The molecule has 0 saturated carbocycles. The molecule has 2 atom stereocenters. The van der Waals surface area contributed by atoms with Crippen LogP contribution in [0.4, 0.5) is 0 Å². The molecule has 0 aliphatic carbocycles. The molecule has 0 amide bonds. The van der Waals surface area contributed by atoms with Crippen molar-refractivity contribution in [3.8, 4) is 0 Å². The van der Waals surface area contributed by atoms with Gasteiger partial charge >= 0.3 is 0 Å². The predicted octanol–water partition coefficient (Wildman–Crippen LogP) is 4.37. The standard InChI is InChI=1S/C14H26O/c1-6-9-13(11(4)8-3)14(10-7-2)12(5)15/h10-11,13H,6-9H2,1-5H3/b14-10-. The second-order valence-electron chi connectivity index (χ2n) is 4.40. The average Bonchev–Trinajstić information content (AvgIpc) is 2.21. The summed E-state index contributed by atoms with van der Waals surface area (Å²) < 4.78 is 0. The summed E-state index contributed by atoms with van der Waals surface area (Å²) in [4.78, 5) is 11.6. The monoisotopic (exact) mass is 210 g/mol. The van der Waals surface area contributed by atoms with E-state index < -0.39 is 0 Å². The molecular weight excluding hydrogens is 184 g/mol. The first kappa shape index (κ1) is 14.4. The van der Waals surface area contributed by atoms with Gasteiger partial charge in [-0.3, -0.25) is 4.79 Å². The Kier molecular flexibility index (Phi) is 7.37. The van der Waals surface area contributed by atoms with Gasteiger partial charge in [0.1, 0.15) is 0 Å². The highest BCUT2D eigenvalue weighted by Crippen LogP contribution is 2.28. The second-order valence-corrected chi connectivity index (χ2v) is 4.40. The maximum Gasteiger partial charge on any atom is 0.155 e. The topological polar surface area (TPSA) is 17.1 Å². The minimum Gasteiger partial charge on any atom is -0.295 e. The van der Waals surface area contributed by atoms with Crippen LogP contribution in [0.2, 0.25) is 0 Å². The van der Waals surface area contributed by atoms with Crippen molar-refractivity contribution in [2.45, 2.75) is 60.3 Å². The average molecular weight is 210 g/mol. The van der Waals surface area contributed by atoms with Crippen LogP contribution < -0.4 is 0 Å². The van der Waals surface area contributed by atoms with Crippen LogP contribution in [-0.2, 0) is 4.79 Å². The van der Waals surface area contributed by atoms with Crippen molar-refractivity contribution in [3.63, 3.8) is 0 Å². The quantitative estimate of drug-likeness (QED) is 0.570. The van der Waals surface area contributed by atoms with Crippen LogP contribution in [0.3, 0.4) is 0 Å². The number of Topliss-reactive ketones (excluding diaryl/α,β-unsaturated/α-hetero) is 1. The first-order valence-corrected chi connectivity index (χ1v) is 6.29. The lowest BCUT2D eigenvalue weighted by Gasteiger charge is -2.24. The summed E-state index contributed by atoms with van der Waals surface area (Å²) >= 11 is 0. The van der Waals surface area contributed by atoms with Crippen molar-refractivity contribution >= 4 is 5.78 Å². The minimum absolute atomic E-state index is 0.260. The van der Waals surface area contributed by atoms with E-state index in [4.69, 9.17) is 0 Å². The van der Waals surface area contributed by atoms with Gasteiger partial charge in [0.25, 0.3) is 0 Å². The smallest absolute Gasteiger partial charge is 0.155 e. The summed E-state index contributed by atoms with van der Waals surface area (Å²) in [7, 11) is 0. The van der Waals surface area contributed by atoms with Gasteiger partial charge in [-0.15, -0.1) is 0 Å². The lowest BCUT2D eigenvalue weighted by Crippen LogP contribution is -2.18. The van der Waals surface area contributed by atoms with Gasteiger partial charge in [0, 0.05) is 0 Å². The predicted molar refractivity (Wildman–Crippen MR) is 66.9 cm³/mol. The van der Waals surface area contributed by atoms with Crippen molar-refractivity contribution in [2.75, 3.05) is 0 Å². The van der Waals surface area contributed by atoms with Crippen molar-refractivity contribution < 1.29 is 4.79 Å². The zero-order chi connectivity index (χ0) is 11.8. The number of rotatable bonds is 7. The molecule has 1 nitrogen and oxygen atoms in total. The van der Waals surface area contributed by atoms with E-state index in [9.17, 15) is 4.79 Å². The summed E-state index contributed by atoms with van der Waals surface area (Å²) in [6, 6.07) is 0. The van der Waals surface area contributed by atoms with Gasteiger partial charge in [0.15, 0.2) is 5.78 Å². The fraction of sp³-hybridized carbons (Fsp3) is 0.786. The molecule has 0 bridgehead atoms. The number of carbonyl (C=O) groups is 1. The lowest BCUT2D eigenvalue weighted by atomic mass is 9.80. The van der Waals surface area contributed by atoms with Crippen molar-refractivity contribution in [3.05, 3.63) is 11.6 Å². The molecule has 0 radical (unpaired) electrons. The van der Waals surface area contributed by atoms with Crippen molar-refractivity contribution in [1.29, 1.82) is 0 Å². The molecule has 0 fully saturated rings. The Morgan fingerprint density at radius 3 is 2.20 bits per heavy atom. The van der Waals surface area contributed by atoms with Crippen LogP contribution in [0.15, 0.2) is 11.6 Å². The number of carbonyl (C=O) groups excluding carboxylic acids is 1. The van der Waals surface area contributed by atoms with Crippen LogP contribution in [0.1, 0.15) is 60.3 Å². The van der Waals surface area contributed by atoms with E-state index in [1.165, 1.54) is 0 Å². The van der Waals surface area contributed by atoms with Gasteiger partial charge in [-0.2, -0.15) is 0 Å². The SMILES string of the molecule is CC/C=C(/C(C)=O)C(CCC)C(C)CC. The molecule has 0 aromatic heterocycles. The third-order valence-corrected chi connectivity index (χ3v) is 3.16. The first-order chi connectivity index (χ1) is 7.08. The number of hydrogen-bond donors (Lipinski definition) is 0.